The number of benzene rings is 2. The third-order valence-electron chi connectivity index (χ3n) is 4.52. The van der Waals surface area contributed by atoms with E-state index in [1.54, 1.807) is 34.9 Å². The summed E-state index contributed by atoms with van der Waals surface area (Å²) in [6.45, 7) is 3.43. The summed E-state index contributed by atoms with van der Waals surface area (Å²) in [5.74, 6) is -0.924. The highest BCUT2D eigenvalue weighted by Gasteiger charge is 2.25. The van der Waals surface area contributed by atoms with Crippen LogP contribution in [0.5, 0.6) is 0 Å². The molecule has 0 unspecified atom stereocenters. The molecule has 0 N–H and O–H groups in total. The smallest absolute Gasteiger partial charge is 0.256 e. The van der Waals surface area contributed by atoms with Crippen LogP contribution in [0, 0.1) is 12.7 Å². The van der Waals surface area contributed by atoms with Gasteiger partial charge < -0.3 is 9.80 Å². The van der Waals surface area contributed by atoms with E-state index < -0.39 is 5.82 Å². The molecule has 1 aliphatic rings. The van der Waals surface area contributed by atoms with Crippen LogP contribution in [-0.2, 0) is 4.79 Å². The quantitative estimate of drug-likeness (QED) is 0.692. The van der Waals surface area contributed by atoms with Crippen molar-refractivity contribution in [3.63, 3.8) is 0 Å². The number of nitrogens with zero attached hydrogens (tertiary/aromatic N) is 2. The van der Waals surface area contributed by atoms with E-state index in [1.807, 2.05) is 24.3 Å². The number of hydrogen-bond donors (Lipinski definition) is 0. The third kappa shape index (κ3) is 4.83. The third-order valence-corrected chi connectivity index (χ3v) is 5.05. The molecule has 2 aromatic rings. The lowest BCUT2D eigenvalue weighted by molar-refractivity contribution is -0.127. The van der Waals surface area contributed by atoms with Gasteiger partial charge in [0.25, 0.3) is 5.91 Å². The Bertz CT molecular complexity index is 872. The Balaban J connectivity index is 1.57. The number of amides is 2. The van der Waals surface area contributed by atoms with Crippen molar-refractivity contribution in [2.45, 2.75) is 6.92 Å². The van der Waals surface area contributed by atoms with Crippen LogP contribution >= 0.6 is 15.9 Å². The van der Waals surface area contributed by atoms with Crippen LogP contribution in [-0.4, -0.2) is 47.8 Å². The first-order chi connectivity index (χ1) is 12.9. The summed E-state index contributed by atoms with van der Waals surface area (Å²) in [5, 5.41) is 0. The van der Waals surface area contributed by atoms with Crippen molar-refractivity contribution < 1.29 is 14.0 Å². The fourth-order valence-corrected chi connectivity index (χ4v) is 3.20. The summed E-state index contributed by atoms with van der Waals surface area (Å²) in [7, 11) is 0. The lowest BCUT2D eigenvalue weighted by atomic mass is 10.1. The molecule has 1 fully saturated rings. The fourth-order valence-electron chi connectivity index (χ4n) is 2.94. The summed E-state index contributed by atoms with van der Waals surface area (Å²) in [4.78, 5) is 28.1. The van der Waals surface area contributed by atoms with Gasteiger partial charge in [0, 0.05) is 36.7 Å². The molecule has 3 rings (SSSR count). The van der Waals surface area contributed by atoms with Crippen molar-refractivity contribution in [3.05, 3.63) is 75.5 Å². The van der Waals surface area contributed by atoms with Crippen molar-refractivity contribution in [3.8, 4) is 0 Å². The average molecular weight is 431 g/mol. The van der Waals surface area contributed by atoms with E-state index in [-0.39, 0.29) is 17.4 Å². The fraction of sp³-hybridized carbons (Fsp3) is 0.238. The highest BCUT2D eigenvalue weighted by atomic mass is 79.9. The maximum atomic E-state index is 14.0. The van der Waals surface area contributed by atoms with Crippen LogP contribution in [0.1, 0.15) is 21.5 Å². The first-order valence-corrected chi connectivity index (χ1v) is 9.51. The molecule has 140 valence electrons. The first-order valence-electron chi connectivity index (χ1n) is 8.72. The molecule has 1 saturated heterocycles. The average Bonchev–Trinajstić information content (AvgIpc) is 2.67. The van der Waals surface area contributed by atoms with Crippen LogP contribution in [0.3, 0.4) is 0 Å². The SMILES string of the molecule is Cc1ccc(C(=O)N2CCN(C(=O)/C=C/c3ccc(Br)cc3)CC2)c(F)c1. The van der Waals surface area contributed by atoms with Gasteiger partial charge in [-0.3, -0.25) is 9.59 Å². The standard InChI is InChI=1S/C21H20BrFN2O2/c1-15-2-8-18(19(23)14-15)21(27)25-12-10-24(11-13-25)20(26)9-5-16-3-6-17(22)7-4-16/h2-9,14H,10-13H2,1H3/b9-5+. The number of carbonyl (C=O) groups excluding carboxylic acids is 2. The van der Waals surface area contributed by atoms with Gasteiger partial charge in [0.05, 0.1) is 5.56 Å². The summed E-state index contributed by atoms with van der Waals surface area (Å²) in [6, 6.07) is 12.3. The number of carbonyl (C=O) groups is 2. The number of aryl methyl sites for hydroxylation is 1. The highest BCUT2D eigenvalue weighted by Crippen LogP contribution is 2.15. The van der Waals surface area contributed by atoms with Crippen LogP contribution in [0.15, 0.2) is 53.0 Å². The minimum absolute atomic E-state index is 0.0792. The lowest BCUT2D eigenvalue weighted by Crippen LogP contribution is -2.50. The number of piperazine rings is 1. The van der Waals surface area contributed by atoms with Gasteiger partial charge in [-0.05, 0) is 48.4 Å². The molecular formula is C21H20BrFN2O2. The molecule has 27 heavy (non-hydrogen) atoms. The molecule has 4 nitrogen and oxygen atoms in total. The largest absolute Gasteiger partial charge is 0.336 e. The molecule has 0 bridgehead atoms. The lowest BCUT2D eigenvalue weighted by Gasteiger charge is -2.34. The Morgan fingerprint density at radius 1 is 1.00 bits per heavy atom. The second-order valence-corrected chi connectivity index (χ2v) is 7.40. The van der Waals surface area contributed by atoms with Crippen LogP contribution in [0.25, 0.3) is 6.08 Å². The van der Waals surface area contributed by atoms with E-state index in [1.165, 1.54) is 12.1 Å². The predicted octanol–water partition coefficient (Wildman–Crippen LogP) is 3.89. The zero-order valence-corrected chi connectivity index (χ0v) is 16.6. The summed E-state index contributed by atoms with van der Waals surface area (Å²) >= 11 is 3.38. The maximum absolute atomic E-state index is 14.0. The maximum Gasteiger partial charge on any atom is 0.256 e. The molecule has 0 atom stereocenters. The minimum Gasteiger partial charge on any atom is -0.336 e. The minimum atomic E-state index is -0.504. The van der Waals surface area contributed by atoms with Crippen molar-refractivity contribution in [1.29, 1.82) is 0 Å². The molecular weight excluding hydrogens is 411 g/mol. The Morgan fingerprint density at radius 2 is 1.63 bits per heavy atom. The second kappa shape index (κ2) is 8.48. The number of rotatable bonds is 3. The Labute approximate surface area is 166 Å². The molecule has 0 spiro atoms. The normalized spacial score (nSPS) is 14.6. The Morgan fingerprint density at radius 3 is 2.26 bits per heavy atom. The van der Waals surface area contributed by atoms with Crippen molar-refractivity contribution in [1.82, 2.24) is 9.80 Å². The van der Waals surface area contributed by atoms with Crippen molar-refractivity contribution in [2.24, 2.45) is 0 Å². The zero-order valence-electron chi connectivity index (χ0n) is 15.0. The molecule has 1 heterocycles. The van der Waals surface area contributed by atoms with E-state index in [4.69, 9.17) is 0 Å². The molecule has 2 amide bonds. The van der Waals surface area contributed by atoms with Gasteiger partial charge in [0.2, 0.25) is 5.91 Å². The summed E-state index contributed by atoms with van der Waals surface area (Å²) in [5.41, 5.74) is 1.79. The Hall–Kier alpha value is -2.47. The van der Waals surface area contributed by atoms with Crippen molar-refractivity contribution in [2.75, 3.05) is 26.2 Å². The van der Waals surface area contributed by atoms with Crippen LogP contribution in [0.4, 0.5) is 4.39 Å². The highest BCUT2D eigenvalue weighted by molar-refractivity contribution is 9.10. The van der Waals surface area contributed by atoms with Gasteiger partial charge in [0.15, 0.2) is 0 Å². The number of halogens is 2. The van der Waals surface area contributed by atoms with E-state index in [9.17, 15) is 14.0 Å². The summed E-state index contributed by atoms with van der Waals surface area (Å²) < 4.78 is 15.0. The monoisotopic (exact) mass is 430 g/mol. The molecule has 0 saturated carbocycles. The molecule has 6 heteroatoms. The molecule has 2 aromatic carbocycles. The topological polar surface area (TPSA) is 40.6 Å². The van der Waals surface area contributed by atoms with Gasteiger partial charge in [-0.1, -0.05) is 34.1 Å². The van der Waals surface area contributed by atoms with Gasteiger partial charge in [-0.25, -0.2) is 4.39 Å². The first kappa shape index (κ1) is 19.3. The molecule has 0 aliphatic carbocycles. The van der Waals surface area contributed by atoms with E-state index in [2.05, 4.69) is 15.9 Å². The molecule has 1 aliphatic heterocycles. The van der Waals surface area contributed by atoms with Crippen LogP contribution < -0.4 is 0 Å². The van der Waals surface area contributed by atoms with Crippen molar-refractivity contribution >= 4 is 33.8 Å². The molecule has 0 radical (unpaired) electrons. The summed E-state index contributed by atoms with van der Waals surface area (Å²) in [6.07, 6.45) is 3.31. The van der Waals surface area contributed by atoms with Crippen LogP contribution in [0.2, 0.25) is 0 Å². The zero-order chi connectivity index (χ0) is 19.4. The predicted molar refractivity (Wildman–Crippen MR) is 107 cm³/mol. The number of hydrogen-bond acceptors (Lipinski definition) is 2. The van der Waals surface area contributed by atoms with Gasteiger partial charge in [0.1, 0.15) is 5.82 Å². The van der Waals surface area contributed by atoms with Gasteiger partial charge in [-0.2, -0.15) is 0 Å². The van der Waals surface area contributed by atoms with E-state index in [0.29, 0.717) is 26.2 Å². The second-order valence-electron chi connectivity index (χ2n) is 6.49. The van der Waals surface area contributed by atoms with E-state index in [0.717, 1.165) is 15.6 Å². The Kier molecular flexibility index (Phi) is 6.06. The van der Waals surface area contributed by atoms with Gasteiger partial charge in [-0.15, -0.1) is 0 Å². The van der Waals surface area contributed by atoms with Gasteiger partial charge >= 0.3 is 0 Å². The molecule has 0 aromatic heterocycles. The van der Waals surface area contributed by atoms with E-state index >= 15 is 0 Å².